The van der Waals surface area contributed by atoms with Crippen LogP contribution in [0.15, 0.2) is 6.07 Å². The molecule has 1 fully saturated rings. The lowest BCUT2D eigenvalue weighted by atomic mass is 9.64. The third-order valence-electron chi connectivity index (χ3n) is 6.23. The largest absolute Gasteiger partial charge is 0.384 e. The molecule has 1 aliphatic carbocycles. The van der Waals surface area contributed by atoms with Gasteiger partial charge in [-0.3, -0.25) is 0 Å². The van der Waals surface area contributed by atoms with Crippen LogP contribution in [-0.2, 0) is 16.4 Å². The van der Waals surface area contributed by atoms with Gasteiger partial charge < -0.3 is 10.0 Å². The molecule has 2 nitrogen and oxygen atoms in total. The van der Waals surface area contributed by atoms with E-state index in [1.54, 1.807) is 6.07 Å². The van der Waals surface area contributed by atoms with E-state index >= 15 is 0 Å². The van der Waals surface area contributed by atoms with Gasteiger partial charge in [-0.05, 0) is 80.6 Å². The minimum absolute atomic E-state index is 0.130. The average molecular weight is 431 g/mol. The summed E-state index contributed by atoms with van der Waals surface area (Å²) in [6.07, 6.45) is 2.58. The fourth-order valence-electron chi connectivity index (χ4n) is 4.78. The maximum Gasteiger partial charge on any atom is 0.127 e. The van der Waals surface area contributed by atoms with Gasteiger partial charge in [0.1, 0.15) is 5.82 Å². The van der Waals surface area contributed by atoms with Gasteiger partial charge in [0.25, 0.3) is 0 Å². The van der Waals surface area contributed by atoms with E-state index in [1.807, 2.05) is 0 Å². The van der Waals surface area contributed by atoms with Crippen LogP contribution in [0, 0.1) is 24.1 Å². The molecule has 4 heteroatoms. The molecule has 1 heterocycles. The number of benzene rings is 1. The Morgan fingerprint density at radius 2 is 1.96 bits per heavy atom. The summed E-state index contributed by atoms with van der Waals surface area (Å²) in [6.45, 7) is 8.28. The van der Waals surface area contributed by atoms with Gasteiger partial charge >= 0.3 is 0 Å². The third kappa shape index (κ3) is 2.56. The molecule has 0 spiro atoms. The molecule has 3 rings (SSSR count). The lowest BCUT2D eigenvalue weighted by molar-refractivity contribution is -0.121. The Labute approximate surface area is 152 Å². The Balaban J connectivity index is 2.16. The van der Waals surface area contributed by atoms with E-state index in [0.29, 0.717) is 6.42 Å². The molecule has 128 valence electrons. The number of alkyl halides is 1. The van der Waals surface area contributed by atoms with Crippen LogP contribution in [0.3, 0.4) is 0 Å². The predicted octanol–water partition coefficient (Wildman–Crippen LogP) is 4.18. The lowest BCUT2D eigenvalue weighted by Gasteiger charge is -2.47. The molecule has 1 N–H and O–H groups in total. The molecule has 1 atom stereocenters. The minimum Gasteiger partial charge on any atom is -0.384 e. The van der Waals surface area contributed by atoms with Gasteiger partial charge in [-0.15, -0.1) is 0 Å². The first kappa shape index (κ1) is 17.6. The highest BCUT2D eigenvalue weighted by atomic mass is 127. The summed E-state index contributed by atoms with van der Waals surface area (Å²) in [4.78, 5) is 2.32. The smallest absolute Gasteiger partial charge is 0.127 e. The van der Waals surface area contributed by atoms with E-state index in [2.05, 4.69) is 55.3 Å². The molecule has 0 saturated carbocycles. The molecule has 1 unspecified atom stereocenters. The monoisotopic (exact) mass is 431 g/mol. The number of piperidine rings is 1. The highest BCUT2D eigenvalue weighted by Gasteiger charge is 2.57. The summed E-state index contributed by atoms with van der Waals surface area (Å²) in [7, 11) is 2.13. The van der Waals surface area contributed by atoms with Gasteiger partial charge in [-0.25, -0.2) is 4.39 Å². The van der Waals surface area contributed by atoms with Crippen LogP contribution >= 0.6 is 22.6 Å². The first-order valence-electron chi connectivity index (χ1n) is 8.50. The second kappa shape index (κ2) is 5.95. The van der Waals surface area contributed by atoms with Crippen LogP contribution in [-0.4, -0.2) is 30.1 Å². The van der Waals surface area contributed by atoms with E-state index in [0.717, 1.165) is 52.6 Å². The van der Waals surface area contributed by atoms with Crippen molar-refractivity contribution < 1.29 is 9.50 Å². The van der Waals surface area contributed by atoms with Crippen molar-refractivity contribution in [2.75, 3.05) is 20.1 Å². The fraction of sp³-hybridized carbons (Fsp3) is 0.684. The van der Waals surface area contributed by atoms with Gasteiger partial charge in [-0.1, -0.05) is 36.4 Å². The summed E-state index contributed by atoms with van der Waals surface area (Å²) in [6, 6.07) is 1.68. The van der Waals surface area contributed by atoms with Crippen molar-refractivity contribution in [3.63, 3.8) is 0 Å². The fourth-order valence-corrected chi connectivity index (χ4v) is 5.57. The zero-order valence-corrected chi connectivity index (χ0v) is 16.7. The predicted molar refractivity (Wildman–Crippen MR) is 100 cm³/mol. The van der Waals surface area contributed by atoms with E-state index in [1.165, 1.54) is 0 Å². The van der Waals surface area contributed by atoms with E-state index in [9.17, 15) is 9.50 Å². The highest BCUT2D eigenvalue weighted by Crippen LogP contribution is 2.57. The molecule has 2 aliphatic rings. The van der Waals surface area contributed by atoms with Crippen molar-refractivity contribution in [1.29, 1.82) is 0 Å². The Hall–Kier alpha value is -0.200. The Morgan fingerprint density at radius 1 is 1.35 bits per heavy atom. The summed E-state index contributed by atoms with van der Waals surface area (Å²) >= 11 is 2.28. The SMILES string of the molecule is Cc1c(CI)cc(F)c2c1C(O)(C1CCN(C)CC1)C(C)(C)C2. The normalized spacial score (nSPS) is 28.1. The zero-order chi connectivity index (χ0) is 17.0. The second-order valence-electron chi connectivity index (χ2n) is 8.03. The third-order valence-corrected chi connectivity index (χ3v) is 7.05. The average Bonchev–Trinajstić information content (AvgIpc) is 2.72. The number of rotatable bonds is 2. The molecular weight excluding hydrogens is 404 g/mol. The zero-order valence-electron chi connectivity index (χ0n) is 14.5. The number of likely N-dealkylation sites (tertiary alicyclic amines) is 1. The molecular formula is C19H27FINO. The molecule has 1 saturated heterocycles. The number of aliphatic hydroxyl groups is 1. The maximum absolute atomic E-state index is 14.7. The van der Waals surface area contributed by atoms with Crippen LogP contribution in [0.2, 0.25) is 0 Å². The summed E-state index contributed by atoms with van der Waals surface area (Å²) in [5.41, 5.74) is 2.53. The first-order valence-corrected chi connectivity index (χ1v) is 10.0. The second-order valence-corrected chi connectivity index (χ2v) is 8.80. The number of halogens is 2. The Bertz CT molecular complexity index is 622. The van der Waals surface area contributed by atoms with Gasteiger partial charge in [0.15, 0.2) is 0 Å². The Morgan fingerprint density at radius 3 is 2.52 bits per heavy atom. The number of hydrogen-bond acceptors (Lipinski definition) is 2. The van der Waals surface area contributed by atoms with Crippen molar-refractivity contribution in [2.45, 2.75) is 50.1 Å². The van der Waals surface area contributed by atoms with Crippen LogP contribution in [0.25, 0.3) is 0 Å². The maximum atomic E-state index is 14.7. The minimum atomic E-state index is -0.920. The molecule has 0 bridgehead atoms. The molecule has 1 aromatic carbocycles. The molecule has 1 aliphatic heterocycles. The lowest BCUT2D eigenvalue weighted by Crippen LogP contribution is -2.49. The highest BCUT2D eigenvalue weighted by molar-refractivity contribution is 14.1. The molecule has 0 radical (unpaired) electrons. The summed E-state index contributed by atoms with van der Waals surface area (Å²) < 4.78 is 15.5. The topological polar surface area (TPSA) is 23.5 Å². The van der Waals surface area contributed by atoms with Gasteiger partial charge in [-0.2, -0.15) is 0 Å². The van der Waals surface area contributed by atoms with Crippen LogP contribution in [0.5, 0.6) is 0 Å². The first-order chi connectivity index (χ1) is 10.7. The molecule has 0 amide bonds. The van der Waals surface area contributed by atoms with Crippen molar-refractivity contribution in [3.05, 3.63) is 34.1 Å². The van der Waals surface area contributed by atoms with Crippen molar-refractivity contribution in [1.82, 2.24) is 4.90 Å². The van der Waals surface area contributed by atoms with Gasteiger partial charge in [0.2, 0.25) is 0 Å². The Kier molecular flexibility index (Phi) is 4.56. The van der Waals surface area contributed by atoms with Crippen molar-refractivity contribution in [2.24, 2.45) is 11.3 Å². The van der Waals surface area contributed by atoms with E-state index < -0.39 is 5.60 Å². The molecule has 0 aromatic heterocycles. The number of hydrogen-bond donors (Lipinski definition) is 1. The van der Waals surface area contributed by atoms with Gasteiger partial charge in [0.05, 0.1) is 5.60 Å². The number of fused-ring (bicyclic) bond motifs is 1. The number of nitrogens with zero attached hydrogens (tertiary/aromatic N) is 1. The van der Waals surface area contributed by atoms with Crippen molar-refractivity contribution >= 4 is 22.6 Å². The van der Waals surface area contributed by atoms with E-state index in [-0.39, 0.29) is 17.2 Å². The van der Waals surface area contributed by atoms with E-state index in [4.69, 9.17) is 0 Å². The van der Waals surface area contributed by atoms with Gasteiger partial charge in [0, 0.05) is 9.84 Å². The van der Waals surface area contributed by atoms with Crippen LogP contribution in [0.1, 0.15) is 48.9 Å². The standard InChI is InChI=1S/C19H27FINO/c1-12-13(11-21)9-16(20)15-10-18(2,3)19(23,17(12)15)14-5-7-22(4)8-6-14/h9,14,23H,5-8,10-11H2,1-4H3. The summed E-state index contributed by atoms with van der Waals surface area (Å²) in [5.74, 6) is 0.0757. The quantitative estimate of drug-likeness (QED) is 0.561. The van der Waals surface area contributed by atoms with Crippen LogP contribution in [0.4, 0.5) is 4.39 Å². The molecule has 1 aromatic rings. The van der Waals surface area contributed by atoms with Crippen LogP contribution < -0.4 is 0 Å². The van der Waals surface area contributed by atoms with Crippen molar-refractivity contribution in [3.8, 4) is 0 Å². The summed E-state index contributed by atoms with van der Waals surface area (Å²) in [5, 5.41) is 11.9. The molecule has 23 heavy (non-hydrogen) atoms.